The van der Waals surface area contributed by atoms with E-state index in [2.05, 4.69) is 10.5 Å². The van der Waals surface area contributed by atoms with E-state index in [1.807, 2.05) is 0 Å². The van der Waals surface area contributed by atoms with Crippen LogP contribution in [0.2, 0.25) is 0 Å². The summed E-state index contributed by atoms with van der Waals surface area (Å²) in [6.45, 7) is 3.36. The topological polar surface area (TPSA) is 84.7 Å². The highest BCUT2D eigenvalue weighted by molar-refractivity contribution is 5.92. The molecule has 1 aromatic heterocycles. The zero-order valence-corrected chi connectivity index (χ0v) is 12.7. The van der Waals surface area contributed by atoms with Gasteiger partial charge in [0.2, 0.25) is 0 Å². The summed E-state index contributed by atoms with van der Waals surface area (Å²) >= 11 is 0. The molecule has 0 radical (unpaired) electrons. The number of rotatable bonds is 4. The summed E-state index contributed by atoms with van der Waals surface area (Å²) in [7, 11) is 0. The molecule has 1 saturated heterocycles. The fourth-order valence-electron chi connectivity index (χ4n) is 2.64. The minimum atomic E-state index is -0.280. The highest BCUT2D eigenvalue weighted by Gasteiger charge is 2.30. The van der Waals surface area contributed by atoms with E-state index in [9.17, 15) is 9.59 Å². The van der Waals surface area contributed by atoms with Crippen molar-refractivity contribution in [3.05, 3.63) is 17.5 Å². The number of nitrogens with zero attached hydrogens (tertiary/aromatic N) is 2. The molecule has 0 unspecified atom stereocenters. The standard InChI is InChI=1S/C15H21N3O4/c1-2-21-15(20)18-7-5-11(6-8-18)16-14(19)12-9-13(22-17-12)10-3-4-10/h9-11H,2-8H2,1H3,(H,16,19). The molecule has 1 aliphatic carbocycles. The van der Waals surface area contributed by atoms with E-state index in [0.717, 1.165) is 31.4 Å². The maximum atomic E-state index is 12.1. The molecule has 2 heterocycles. The third-order valence-electron chi connectivity index (χ3n) is 4.10. The van der Waals surface area contributed by atoms with Crippen LogP contribution < -0.4 is 5.32 Å². The maximum Gasteiger partial charge on any atom is 0.409 e. The lowest BCUT2D eigenvalue weighted by atomic mass is 10.1. The Morgan fingerprint density at radius 3 is 2.73 bits per heavy atom. The number of carbonyl (C=O) groups is 2. The van der Waals surface area contributed by atoms with E-state index in [4.69, 9.17) is 9.26 Å². The van der Waals surface area contributed by atoms with Gasteiger partial charge in [0, 0.05) is 31.1 Å². The molecule has 7 nitrogen and oxygen atoms in total. The molecular formula is C15H21N3O4. The van der Waals surface area contributed by atoms with Crippen molar-refractivity contribution < 1.29 is 18.8 Å². The third-order valence-corrected chi connectivity index (χ3v) is 4.10. The lowest BCUT2D eigenvalue weighted by Crippen LogP contribution is -2.46. The van der Waals surface area contributed by atoms with Crippen LogP contribution in [-0.2, 0) is 4.74 Å². The number of nitrogens with one attached hydrogen (secondary N) is 1. The van der Waals surface area contributed by atoms with E-state index in [1.54, 1.807) is 17.9 Å². The molecule has 0 bridgehead atoms. The Hall–Kier alpha value is -2.05. The summed E-state index contributed by atoms with van der Waals surface area (Å²) in [5, 5.41) is 6.80. The lowest BCUT2D eigenvalue weighted by molar-refractivity contribution is 0.0854. The van der Waals surface area contributed by atoms with E-state index in [1.165, 1.54) is 0 Å². The highest BCUT2D eigenvalue weighted by atomic mass is 16.6. The number of hydrogen-bond donors (Lipinski definition) is 1. The molecule has 0 aromatic carbocycles. The molecule has 1 aromatic rings. The molecule has 7 heteroatoms. The van der Waals surface area contributed by atoms with Crippen LogP contribution in [0.15, 0.2) is 10.6 Å². The van der Waals surface area contributed by atoms with Crippen molar-refractivity contribution >= 4 is 12.0 Å². The summed E-state index contributed by atoms with van der Waals surface area (Å²) < 4.78 is 10.2. The monoisotopic (exact) mass is 307 g/mol. The summed E-state index contributed by atoms with van der Waals surface area (Å²) in [5.41, 5.74) is 0.342. The zero-order chi connectivity index (χ0) is 15.5. The Bertz CT molecular complexity index is 545. The van der Waals surface area contributed by atoms with Crippen molar-refractivity contribution in [2.24, 2.45) is 0 Å². The van der Waals surface area contributed by atoms with Crippen molar-refractivity contribution in [2.75, 3.05) is 19.7 Å². The average Bonchev–Trinajstić information content (AvgIpc) is 3.25. The Kier molecular flexibility index (Phi) is 4.31. The van der Waals surface area contributed by atoms with Gasteiger partial charge in [0.1, 0.15) is 5.76 Å². The largest absolute Gasteiger partial charge is 0.450 e. The number of ether oxygens (including phenoxy) is 1. The van der Waals surface area contributed by atoms with E-state index in [-0.39, 0.29) is 18.0 Å². The van der Waals surface area contributed by atoms with Gasteiger partial charge in [0.15, 0.2) is 5.69 Å². The summed E-state index contributed by atoms with van der Waals surface area (Å²) in [6, 6.07) is 1.79. The van der Waals surface area contributed by atoms with Crippen LogP contribution >= 0.6 is 0 Å². The average molecular weight is 307 g/mol. The molecule has 2 amide bonds. The number of amides is 2. The molecule has 2 fully saturated rings. The van der Waals surface area contributed by atoms with E-state index < -0.39 is 0 Å². The molecule has 120 valence electrons. The molecule has 0 spiro atoms. The minimum absolute atomic E-state index is 0.0549. The molecule has 22 heavy (non-hydrogen) atoms. The second kappa shape index (κ2) is 6.37. The first kappa shape index (κ1) is 14.9. The smallest absolute Gasteiger partial charge is 0.409 e. The van der Waals surface area contributed by atoms with Gasteiger partial charge in [-0.3, -0.25) is 4.79 Å². The molecule has 2 aliphatic rings. The van der Waals surface area contributed by atoms with Gasteiger partial charge in [-0.05, 0) is 32.6 Å². The predicted molar refractivity (Wildman–Crippen MR) is 77.6 cm³/mol. The fraction of sp³-hybridized carbons (Fsp3) is 0.667. The molecule has 0 atom stereocenters. The Labute approximate surface area is 129 Å². The molecule has 1 aliphatic heterocycles. The van der Waals surface area contributed by atoms with Crippen molar-refractivity contribution in [1.29, 1.82) is 0 Å². The number of aromatic nitrogens is 1. The fourth-order valence-corrected chi connectivity index (χ4v) is 2.64. The van der Waals surface area contributed by atoms with Gasteiger partial charge < -0.3 is 19.5 Å². The van der Waals surface area contributed by atoms with Gasteiger partial charge in [0.05, 0.1) is 6.61 Å². The second-order valence-electron chi connectivity index (χ2n) is 5.82. The number of hydrogen-bond acceptors (Lipinski definition) is 5. The first-order valence-corrected chi connectivity index (χ1v) is 7.86. The summed E-state index contributed by atoms with van der Waals surface area (Å²) in [6.07, 6.45) is 3.39. The van der Waals surface area contributed by atoms with Gasteiger partial charge in [0.25, 0.3) is 5.91 Å². The Morgan fingerprint density at radius 2 is 2.09 bits per heavy atom. The number of piperidine rings is 1. The Morgan fingerprint density at radius 1 is 1.36 bits per heavy atom. The van der Waals surface area contributed by atoms with Crippen molar-refractivity contribution in [2.45, 2.75) is 44.6 Å². The van der Waals surface area contributed by atoms with Gasteiger partial charge in [-0.15, -0.1) is 0 Å². The van der Waals surface area contributed by atoms with Gasteiger partial charge in [-0.25, -0.2) is 4.79 Å². The number of carbonyl (C=O) groups excluding carboxylic acids is 2. The lowest BCUT2D eigenvalue weighted by Gasteiger charge is -2.31. The third kappa shape index (κ3) is 3.40. The SMILES string of the molecule is CCOC(=O)N1CCC(NC(=O)c2cc(C3CC3)on2)CC1. The van der Waals surface area contributed by atoms with Crippen LogP contribution in [0.25, 0.3) is 0 Å². The zero-order valence-electron chi connectivity index (χ0n) is 12.7. The number of likely N-dealkylation sites (tertiary alicyclic amines) is 1. The predicted octanol–water partition coefficient (Wildman–Crippen LogP) is 1.90. The second-order valence-corrected chi connectivity index (χ2v) is 5.82. The minimum Gasteiger partial charge on any atom is -0.450 e. The van der Waals surface area contributed by atoms with Crippen molar-refractivity contribution in [3.63, 3.8) is 0 Å². The van der Waals surface area contributed by atoms with E-state index >= 15 is 0 Å². The van der Waals surface area contributed by atoms with Gasteiger partial charge >= 0.3 is 6.09 Å². The van der Waals surface area contributed by atoms with Gasteiger partial charge in [-0.2, -0.15) is 0 Å². The van der Waals surface area contributed by atoms with Crippen LogP contribution in [0.3, 0.4) is 0 Å². The quantitative estimate of drug-likeness (QED) is 0.918. The van der Waals surface area contributed by atoms with Crippen LogP contribution in [0.5, 0.6) is 0 Å². The summed E-state index contributed by atoms with van der Waals surface area (Å²) in [4.78, 5) is 25.4. The highest BCUT2D eigenvalue weighted by Crippen LogP contribution is 2.40. The molecule has 1 saturated carbocycles. The van der Waals surface area contributed by atoms with E-state index in [0.29, 0.717) is 31.3 Å². The first-order chi connectivity index (χ1) is 10.7. The maximum absolute atomic E-state index is 12.1. The van der Waals surface area contributed by atoms with Crippen LogP contribution in [-0.4, -0.2) is 47.8 Å². The Balaban J connectivity index is 1.47. The van der Waals surface area contributed by atoms with Crippen LogP contribution in [0.4, 0.5) is 4.79 Å². The van der Waals surface area contributed by atoms with Crippen molar-refractivity contribution in [1.82, 2.24) is 15.4 Å². The first-order valence-electron chi connectivity index (χ1n) is 7.86. The van der Waals surface area contributed by atoms with Crippen LogP contribution in [0.1, 0.15) is 54.8 Å². The van der Waals surface area contributed by atoms with Gasteiger partial charge in [-0.1, -0.05) is 5.16 Å². The van der Waals surface area contributed by atoms with Crippen LogP contribution in [0, 0.1) is 0 Å². The summed E-state index contributed by atoms with van der Waals surface area (Å²) in [5.74, 6) is 1.05. The molecule has 3 rings (SSSR count). The molecular weight excluding hydrogens is 286 g/mol. The van der Waals surface area contributed by atoms with Crippen molar-refractivity contribution in [3.8, 4) is 0 Å². The molecule has 1 N–H and O–H groups in total. The normalized spacial score (nSPS) is 19.0.